The van der Waals surface area contributed by atoms with Crippen molar-refractivity contribution < 1.29 is 9.53 Å². The van der Waals surface area contributed by atoms with Crippen molar-refractivity contribution in [2.45, 2.75) is 84.5 Å². The van der Waals surface area contributed by atoms with E-state index in [0.29, 0.717) is 35.1 Å². The van der Waals surface area contributed by atoms with Crippen LogP contribution in [-0.2, 0) is 11.3 Å². The summed E-state index contributed by atoms with van der Waals surface area (Å²) in [5.41, 5.74) is 6.91. The van der Waals surface area contributed by atoms with Gasteiger partial charge in [0.2, 0.25) is 0 Å². The number of nitrogens with zero attached hydrogens (tertiary/aromatic N) is 1. The van der Waals surface area contributed by atoms with Gasteiger partial charge in [-0.2, -0.15) is 0 Å². The number of amides is 1. The quantitative estimate of drug-likeness (QED) is 0.365. The van der Waals surface area contributed by atoms with Crippen LogP contribution in [0.5, 0.6) is 0 Å². The molecule has 0 radical (unpaired) electrons. The third-order valence-corrected chi connectivity index (χ3v) is 13.4. The topological polar surface area (TPSA) is 29.5 Å². The maximum Gasteiger partial charge on any atom is 0.410 e. The molecule has 1 aromatic rings. The molecule has 2 rings (SSSR count). The largest absolute Gasteiger partial charge is 0.445 e. The highest BCUT2D eigenvalue weighted by molar-refractivity contribution is 6.90. The highest BCUT2D eigenvalue weighted by Crippen LogP contribution is 2.41. The van der Waals surface area contributed by atoms with Crippen molar-refractivity contribution in [2.75, 3.05) is 13.1 Å². The number of hydrogen-bond donors (Lipinski definition) is 0. The molecular formula is C26H41NO2Si. The Bertz CT molecular complexity index is 703. The molecule has 1 aliphatic heterocycles. The van der Waals surface area contributed by atoms with Crippen molar-refractivity contribution in [2.24, 2.45) is 11.8 Å². The molecule has 1 aromatic carbocycles. The summed E-state index contributed by atoms with van der Waals surface area (Å²) in [5, 5.41) is 0. The summed E-state index contributed by atoms with van der Waals surface area (Å²) in [5.74, 6) is 4.65. The number of likely N-dealkylation sites (tertiary alicyclic amines) is 1. The molecule has 0 N–H and O–H groups in total. The standard InChI is InChI=1S/C26H41NO2Si/c1-20(2)30(21(3)4,22(5)6)18-15-23(7)25-13-16-27(17-14-25)26(28)29-19-24-11-9-8-10-12-24/h8-12,20-23,25H,13-14,16-17,19H2,1-7H3. The first-order valence-electron chi connectivity index (χ1n) is 11.7. The molecule has 1 aliphatic rings. The molecule has 4 heteroatoms. The second kappa shape index (κ2) is 11.0. The molecule has 1 saturated heterocycles. The third kappa shape index (κ3) is 5.91. The van der Waals surface area contributed by atoms with Gasteiger partial charge in [0.15, 0.2) is 0 Å². The Morgan fingerprint density at radius 3 is 2.03 bits per heavy atom. The van der Waals surface area contributed by atoms with Gasteiger partial charge >= 0.3 is 6.09 Å². The van der Waals surface area contributed by atoms with Crippen LogP contribution in [0, 0.1) is 23.3 Å². The normalized spacial score (nSPS) is 16.5. The SMILES string of the molecule is CC(C#C[Si](C(C)C)(C(C)C)C(C)C)C1CCN(C(=O)OCc2ccccc2)CC1. The molecule has 1 heterocycles. The van der Waals surface area contributed by atoms with Crippen molar-refractivity contribution in [3.05, 3.63) is 35.9 Å². The minimum atomic E-state index is -1.67. The van der Waals surface area contributed by atoms with Gasteiger partial charge in [-0.1, -0.05) is 78.8 Å². The molecule has 0 aromatic heterocycles. The first-order valence-corrected chi connectivity index (χ1v) is 13.9. The van der Waals surface area contributed by atoms with Crippen LogP contribution in [0.25, 0.3) is 0 Å². The maximum absolute atomic E-state index is 12.4. The van der Waals surface area contributed by atoms with Gasteiger partial charge < -0.3 is 9.64 Å². The predicted molar refractivity (Wildman–Crippen MR) is 129 cm³/mol. The molecule has 0 aliphatic carbocycles. The van der Waals surface area contributed by atoms with Crippen LogP contribution in [0.2, 0.25) is 16.6 Å². The number of rotatable bonds is 6. The molecular weight excluding hydrogens is 386 g/mol. The Labute approximate surface area is 185 Å². The summed E-state index contributed by atoms with van der Waals surface area (Å²) < 4.78 is 5.50. The van der Waals surface area contributed by atoms with E-state index in [1.54, 1.807) is 0 Å². The minimum Gasteiger partial charge on any atom is -0.445 e. The molecule has 0 bridgehead atoms. The third-order valence-electron chi connectivity index (χ3n) is 7.09. The fourth-order valence-corrected chi connectivity index (χ4v) is 10.5. The van der Waals surface area contributed by atoms with Gasteiger partial charge in [0.1, 0.15) is 14.7 Å². The Hall–Kier alpha value is -1.73. The lowest BCUT2D eigenvalue weighted by Gasteiger charge is -2.38. The van der Waals surface area contributed by atoms with Crippen molar-refractivity contribution in [3.63, 3.8) is 0 Å². The molecule has 1 amide bonds. The van der Waals surface area contributed by atoms with Gasteiger partial charge in [-0.25, -0.2) is 4.79 Å². The van der Waals surface area contributed by atoms with E-state index in [1.807, 2.05) is 35.2 Å². The van der Waals surface area contributed by atoms with E-state index in [-0.39, 0.29) is 6.09 Å². The average molecular weight is 428 g/mol. The van der Waals surface area contributed by atoms with Crippen molar-refractivity contribution >= 4 is 14.2 Å². The highest BCUT2D eigenvalue weighted by Gasteiger charge is 2.41. The van der Waals surface area contributed by atoms with Crippen LogP contribution in [0.15, 0.2) is 30.3 Å². The lowest BCUT2D eigenvalue weighted by molar-refractivity contribution is 0.0794. The van der Waals surface area contributed by atoms with Gasteiger partial charge in [0.05, 0.1) is 0 Å². The van der Waals surface area contributed by atoms with Crippen LogP contribution < -0.4 is 0 Å². The molecule has 1 fully saturated rings. The van der Waals surface area contributed by atoms with Gasteiger partial charge in [-0.05, 0) is 40.9 Å². The summed E-state index contributed by atoms with van der Waals surface area (Å²) in [6.07, 6.45) is 1.83. The van der Waals surface area contributed by atoms with E-state index < -0.39 is 8.07 Å². The summed E-state index contributed by atoms with van der Waals surface area (Å²) >= 11 is 0. The summed E-state index contributed by atoms with van der Waals surface area (Å²) in [4.78, 5) is 14.3. The van der Waals surface area contributed by atoms with Crippen LogP contribution in [-0.4, -0.2) is 32.2 Å². The molecule has 30 heavy (non-hydrogen) atoms. The summed E-state index contributed by atoms with van der Waals surface area (Å²) in [7, 11) is -1.67. The van der Waals surface area contributed by atoms with Crippen LogP contribution in [0.3, 0.4) is 0 Å². The minimum absolute atomic E-state index is 0.193. The van der Waals surface area contributed by atoms with E-state index in [2.05, 4.69) is 59.9 Å². The monoisotopic (exact) mass is 427 g/mol. The Balaban J connectivity index is 1.91. The molecule has 0 saturated carbocycles. The number of hydrogen-bond acceptors (Lipinski definition) is 2. The fraction of sp³-hybridized carbons (Fsp3) is 0.654. The van der Waals surface area contributed by atoms with Gasteiger partial charge in [-0.15, -0.1) is 11.5 Å². The number of carbonyl (C=O) groups excluding carboxylic acids is 1. The van der Waals surface area contributed by atoms with E-state index in [9.17, 15) is 4.79 Å². The number of piperidine rings is 1. The molecule has 166 valence electrons. The zero-order valence-corrected chi connectivity index (χ0v) is 21.1. The van der Waals surface area contributed by atoms with Gasteiger partial charge in [0, 0.05) is 19.0 Å². The van der Waals surface area contributed by atoms with Crippen LogP contribution in [0.1, 0.15) is 66.9 Å². The predicted octanol–water partition coefficient (Wildman–Crippen LogP) is 6.89. The van der Waals surface area contributed by atoms with E-state index in [4.69, 9.17) is 4.74 Å². The zero-order chi connectivity index (χ0) is 22.3. The average Bonchev–Trinajstić information content (AvgIpc) is 2.72. The van der Waals surface area contributed by atoms with Gasteiger partial charge in [-0.3, -0.25) is 0 Å². The molecule has 3 nitrogen and oxygen atoms in total. The first-order chi connectivity index (χ1) is 14.2. The number of benzene rings is 1. The van der Waals surface area contributed by atoms with Gasteiger partial charge in [0.25, 0.3) is 0 Å². The van der Waals surface area contributed by atoms with E-state index in [0.717, 1.165) is 31.5 Å². The molecule has 1 unspecified atom stereocenters. The van der Waals surface area contributed by atoms with E-state index in [1.165, 1.54) is 0 Å². The zero-order valence-electron chi connectivity index (χ0n) is 20.1. The summed E-state index contributed by atoms with van der Waals surface area (Å²) in [6, 6.07) is 9.86. The second-order valence-corrected chi connectivity index (χ2v) is 15.4. The lowest BCUT2D eigenvalue weighted by atomic mass is 9.86. The number of ether oxygens (including phenoxy) is 1. The highest BCUT2D eigenvalue weighted by atomic mass is 28.3. The molecule has 1 atom stereocenters. The fourth-order valence-electron chi connectivity index (χ4n) is 5.18. The number of carbonyl (C=O) groups is 1. The Morgan fingerprint density at radius 1 is 1.00 bits per heavy atom. The lowest BCUT2D eigenvalue weighted by Crippen LogP contribution is -2.43. The van der Waals surface area contributed by atoms with Crippen molar-refractivity contribution in [3.8, 4) is 11.5 Å². The first kappa shape index (κ1) is 24.5. The maximum atomic E-state index is 12.4. The van der Waals surface area contributed by atoms with Crippen molar-refractivity contribution in [1.29, 1.82) is 0 Å². The van der Waals surface area contributed by atoms with Crippen LogP contribution >= 0.6 is 0 Å². The summed E-state index contributed by atoms with van der Waals surface area (Å²) in [6.45, 7) is 18.4. The smallest absolute Gasteiger partial charge is 0.410 e. The Morgan fingerprint density at radius 2 is 1.53 bits per heavy atom. The van der Waals surface area contributed by atoms with E-state index >= 15 is 0 Å². The van der Waals surface area contributed by atoms with Crippen LogP contribution in [0.4, 0.5) is 4.79 Å². The Kier molecular flexibility index (Phi) is 9.03. The molecule has 0 spiro atoms. The van der Waals surface area contributed by atoms with Crippen molar-refractivity contribution in [1.82, 2.24) is 4.90 Å². The second-order valence-electron chi connectivity index (χ2n) is 9.82.